The number of rotatable bonds is 2. The second-order valence-electron chi connectivity index (χ2n) is 2.65. The van der Waals surface area contributed by atoms with Gasteiger partial charge >= 0.3 is 0 Å². The van der Waals surface area contributed by atoms with Gasteiger partial charge in [0.1, 0.15) is 5.75 Å². The number of hydrogen-bond acceptors (Lipinski definition) is 4. The number of aryl methyl sites for hydroxylation is 1. The monoisotopic (exact) mass is 182 g/mol. The number of hydrogen-bond donors (Lipinski definition) is 2. The summed E-state index contributed by atoms with van der Waals surface area (Å²) in [4.78, 5) is 9.87. The van der Waals surface area contributed by atoms with Crippen LogP contribution >= 0.6 is 0 Å². The maximum absolute atomic E-state index is 10.4. The van der Waals surface area contributed by atoms with E-state index in [0.717, 1.165) is 6.07 Å². The summed E-state index contributed by atoms with van der Waals surface area (Å²) in [5.41, 5.74) is 5.83. The van der Waals surface area contributed by atoms with Gasteiger partial charge in [0, 0.05) is 17.7 Å². The van der Waals surface area contributed by atoms with Crippen molar-refractivity contribution in [1.29, 1.82) is 0 Å². The van der Waals surface area contributed by atoms with Gasteiger partial charge in [0.2, 0.25) is 0 Å². The fourth-order valence-electron chi connectivity index (χ4n) is 1.08. The van der Waals surface area contributed by atoms with Gasteiger partial charge in [0.15, 0.2) is 0 Å². The Morgan fingerprint density at radius 3 is 2.69 bits per heavy atom. The van der Waals surface area contributed by atoms with Crippen molar-refractivity contribution in [3.05, 3.63) is 27.8 Å². The lowest BCUT2D eigenvalue weighted by Gasteiger charge is -2.03. The first-order chi connectivity index (χ1) is 6.06. The van der Waals surface area contributed by atoms with Crippen LogP contribution < -0.4 is 5.73 Å². The number of phenolic OH excluding ortho intramolecular Hbond substituents is 1. The largest absolute Gasteiger partial charge is 0.505 e. The van der Waals surface area contributed by atoms with Gasteiger partial charge in [-0.05, 0) is 6.42 Å². The highest BCUT2D eigenvalue weighted by Gasteiger charge is 2.12. The Balaban J connectivity index is 3.30. The zero-order valence-electron chi connectivity index (χ0n) is 7.15. The number of nitro groups is 1. The summed E-state index contributed by atoms with van der Waals surface area (Å²) in [6.07, 6.45) is 0.512. The molecular weight excluding hydrogens is 172 g/mol. The molecule has 0 unspecified atom stereocenters. The fraction of sp³-hybridized carbons (Fsp3) is 0.250. The Morgan fingerprint density at radius 1 is 1.62 bits per heavy atom. The van der Waals surface area contributed by atoms with Gasteiger partial charge < -0.3 is 10.8 Å². The molecule has 0 saturated heterocycles. The molecule has 0 spiro atoms. The zero-order valence-corrected chi connectivity index (χ0v) is 7.15. The van der Waals surface area contributed by atoms with Gasteiger partial charge in [-0.3, -0.25) is 10.1 Å². The zero-order chi connectivity index (χ0) is 10.0. The number of non-ortho nitro benzene ring substituents is 1. The molecule has 0 bridgehead atoms. The van der Waals surface area contributed by atoms with Gasteiger partial charge in [-0.2, -0.15) is 0 Å². The van der Waals surface area contributed by atoms with E-state index in [-0.39, 0.29) is 17.1 Å². The second kappa shape index (κ2) is 3.30. The molecule has 0 fully saturated rings. The summed E-state index contributed by atoms with van der Waals surface area (Å²) in [5.74, 6) is -0.0619. The second-order valence-corrected chi connectivity index (χ2v) is 2.65. The molecule has 0 aliphatic rings. The number of phenols is 1. The molecule has 3 N–H and O–H groups in total. The lowest BCUT2D eigenvalue weighted by molar-refractivity contribution is -0.384. The Hall–Kier alpha value is -1.78. The van der Waals surface area contributed by atoms with Gasteiger partial charge in [0.25, 0.3) is 5.69 Å². The number of anilines is 1. The summed E-state index contributed by atoms with van der Waals surface area (Å²) in [6.45, 7) is 1.79. The molecule has 1 aromatic rings. The molecule has 0 radical (unpaired) electrons. The third kappa shape index (κ3) is 1.69. The highest BCUT2D eigenvalue weighted by Crippen LogP contribution is 2.30. The SMILES string of the molecule is CCc1cc([N+](=O)[O-])cc(N)c1O. The van der Waals surface area contributed by atoms with E-state index in [1.54, 1.807) is 6.92 Å². The lowest BCUT2D eigenvalue weighted by atomic mass is 10.1. The van der Waals surface area contributed by atoms with E-state index in [1.807, 2.05) is 0 Å². The molecule has 1 rings (SSSR count). The van der Waals surface area contributed by atoms with Crippen molar-refractivity contribution in [2.24, 2.45) is 0 Å². The number of nitro benzene ring substituents is 1. The smallest absolute Gasteiger partial charge is 0.272 e. The van der Waals surface area contributed by atoms with Crippen molar-refractivity contribution in [2.45, 2.75) is 13.3 Å². The average Bonchev–Trinajstić information content (AvgIpc) is 2.09. The van der Waals surface area contributed by atoms with Crippen LogP contribution in [0.2, 0.25) is 0 Å². The Kier molecular flexibility index (Phi) is 2.36. The molecule has 0 aromatic heterocycles. The normalized spacial score (nSPS) is 9.92. The highest BCUT2D eigenvalue weighted by molar-refractivity contribution is 5.61. The molecule has 0 atom stereocenters. The molecule has 0 saturated carbocycles. The summed E-state index contributed by atoms with van der Waals surface area (Å²) in [5, 5.41) is 19.8. The predicted octanol–water partition coefficient (Wildman–Crippen LogP) is 1.44. The van der Waals surface area contributed by atoms with E-state index in [0.29, 0.717) is 12.0 Å². The Labute approximate surface area is 74.9 Å². The van der Waals surface area contributed by atoms with Crippen molar-refractivity contribution >= 4 is 11.4 Å². The highest BCUT2D eigenvalue weighted by atomic mass is 16.6. The van der Waals surface area contributed by atoms with E-state index in [9.17, 15) is 15.2 Å². The van der Waals surface area contributed by atoms with Crippen LogP contribution in [0, 0.1) is 10.1 Å². The van der Waals surface area contributed by atoms with Crippen molar-refractivity contribution < 1.29 is 10.0 Å². The van der Waals surface area contributed by atoms with E-state index < -0.39 is 4.92 Å². The number of nitrogen functional groups attached to an aromatic ring is 1. The topological polar surface area (TPSA) is 89.4 Å². The molecule has 13 heavy (non-hydrogen) atoms. The van der Waals surface area contributed by atoms with Crippen LogP contribution in [0.15, 0.2) is 12.1 Å². The molecule has 1 aromatic carbocycles. The van der Waals surface area contributed by atoms with E-state index in [2.05, 4.69) is 0 Å². The number of nitrogens with two attached hydrogens (primary N) is 1. The Morgan fingerprint density at radius 2 is 2.23 bits per heavy atom. The van der Waals surface area contributed by atoms with Crippen LogP contribution in [0.25, 0.3) is 0 Å². The first-order valence-corrected chi connectivity index (χ1v) is 3.82. The number of aromatic hydroxyl groups is 1. The van der Waals surface area contributed by atoms with Gasteiger partial charge in [0.05, 0.1) is 10.6 Å². The van der Waals surface area contributed by atoms with Crippen LogP contribution in [-0.2, 0) is 6.42 Å². The van der Waals surface area contributed by atoms with Crippen molar-refractivity contribution in [3.63, 3.8) is 0 Å². The molecular formula is C8H10N2O3. The van der Waals surface area contributed by atoms with Crippen LogP contribution in [-0.4, -0.2) is 10.0 Å². The molecule has 0 heterocycles. The summed E-state index contributed by atoms with van der Waals surface area (Å²) < 4.78 is 0. The molecule has 0 aliphatic heterocycles. The molecule has 70 valence electrons. The van der Waals surface area contributed by atoms with E-state index >= 15 is 0 Å². The van der Waals surface area contributed by atoms with E-state index in [4.69, 9.17) is 5.73 Å². The standard InChI is InChI=1S/C8H10N2O3/c1-2-5-3-6(10(12)13)4-7(9)8(5)11/h3-4,11H,2,9H2,1H3. The average molecular weight is 182 g/mol. The quantitative estimate of drug-likeness (QED) is 0.313. The predicted molar refractivity (Wildman–Crippen MR) is 48.6 cm³/mol. The van der Waals surface area contributed by atoms with Gasteiger partial charge in [-0.15, -0.1) is 0 Å². The summed E-state index contributed by atoms with van der Waals surface area (Å²) in [6, 6.07) is 2.47. The lowest BCUT2D eigenvalue weighted by Crippen LogP contribution is -1.95. The van der Waals surface area contributed by atoms with Crippen LogP contribution in [0.4, 0.5) is 11.4 Å². The van der Waals surface area contributed by atoms with Crippen molar-refractivity contribution in [1.82, 2.24) is 0 Å². The molecule has 5 nitrogen and oxygen atoms in total. The number of nitrogens with zero attached hydrogens (tertiary/aromatic N) is 1. The minimum Gasteiger partial charge on any atom is -0.505 e. The van der Waals surface area contributed by atoms with Crippen LogP contribution in [0.3, 0.4) is 0 Å². The number of benzene rings is 1. The molecule has 0 aliphatic carbocycles. The van der Waals surface area contributed by atoms with Crippen molar-refractivity contribution in [2.75, 3.05) is 5.73 Å². The van der Waals surface area contributed by atoms with Crippen molar-refractivity contribution in [3.8, 4) is 5.75 Å². The molecule has 5 heteroatoms. The maximum Gasteiger partial charge on any atom is 0.272 e. The summed E-state index contributed by atoms with van der Waals surface area (Å²) >= 11 is 0. The molecule has 0 amide bonds. The van der Waals surface area contributed by atoms with E-state index in [1.165, 1.54) is 6.07 Å². The third-order valence-electron chi connectivity index (χ3n) is 1.79. The minimum atomic E-state index is -0.533. The van der Waals surface area contributed by atoms with Crippen LogP contribution in [0.5, 0.6) is 5.75 Å². The maximum atomic E-state index is 10.4. The third-order valence-corrected chi connectivity index (χ3v) is 1.79. The van der Waals surface area contributed by atoms with Gasteiger partial charge in [-0.25, -0.2) is 0 Å². The van der Waals surface area contributed by atoms with Crippen LogP contribution in [0.1, 0.15) is 12.5 Å². The minimum absolute atomic E-state index is 0.0473. The van der Waals surface area contributed by atoms with Gasteiger partial charge in [-0.1, -0.05) is 6.92 Å². The summed E-state index contributed by atoms with van der Waals surface area (Å²) in [7, 11) is 0. The first kappa shape index (κ1) is 9.31. The Bertz CT molecular complexity index is 349. The fourth-order valence-corrected chi connectivity index (χ4v) is 1.08. The first-order valence-electron chi connectivity index (χ1n) is 3.82.